The van der Waals surface area contributed by atoms with Crippen LogP contribution in [0, 0.1) is 0 Å². The van der Waals surface area contributed by atoms with Crippen molar-refractivity contribution in [3.05, 3.63) is 0 Å². The first-order valence-electron chi connectivity index (χ1n) is 7.01. The number of halogens is 1. The van der Waals surface area contributed by atoms with Gasteiger partial charge >= 0.3 is 0 Å². The van der Waals surface area contributed by atoms with Crippen molar-refractivity contribution >= 4 is 30.9 Å². The molecule has 0 aromatic carbocycles. The van der Waals surface area contributed by atoms with Crippen molar-refractivity contribution in [2.24, 2.45) is 0 Å². The highest BCUT2D eigenvalue weighted by Crippen LogP contribution is 2.36. The van der Waals surface area contributed by atoms with Crippen molar-refractivity contribution in [2.45, 2.75) is 77.4 Å². The maximum Gasteiger partial charge on any atom is 0.191 e. The van der Waals surface area contributed by atoms with E-state index in [0.29, 0.717) is 5.04 Å². The van der Waals surface area contributed by atoms with Gasteiger partial charge in [-0.1, -0.05) is 69.0 Å². The first-order chi connectivity index (χ1) is 7.81. The van der Waals surface area contributed by atoms with E-state index in [0.717, 1.165) is 6.61 Å². The van der Waals surface area contributed by atoms with Crippen molar-refractivity contribution in [3.8, 4) is 0 Å². The fourth-order valence-corrected chi connectivity index (χ4v) is 3.07. The van der Waals surface area contributed by atoms with Crippen molar-refractivity contribution in [2.75, 3.05) is 11.0 Å². The molecule has 0 spiro atoms. The summed E-state index contributed by atoms with van der Waals surface area (Å²) in [5.74, 6) is 0. The largest absolute Gasteiger partial charge is 0.417 e. The van der Waals surface area contributed by atoms with Gasteiger partial charge < -0.3 is 4.43 Å². The summed E-state index contributed by atoms with van der Waals surface area (Å²) in [7, 11) is -1.49. The molecule has 0 rings (SSSR count). The molecule has 17 heavy (non-hydrogen) atoms. The molecule has 0 amide bonds. The smallest absolute Gasteiger partial charge is 0.191 e. The van der Waals surface area contributed by atoms with Gasteiger partial charge in [0.05, 0.1) is 0 Å². The first-order valence-corrected chi connectivity index (χ1v) is 11.4. The van der Waals surface area contributed by atoms with Crippen molar-refractivity contribution in [3.63, 3.8) is 0 Å². The Kier molecular flexibility index (Phi) is 9.39. The normalized spacial score (nSPS) is 13.1. The number of unbranched alkanes of at least 4 members (excludes halogenated alkanes) is 5. The lowest BCUT2D eigenvalue weighted by Gasteiger charge is -2.36. The van der Waals surface area contributed by atoms with E-state index in [2.05, 4.69) is 56.5 Å². The van der Waals surface area contributed by atoms with Crippen LogP contribution < -0.4 is 0 Å². The molecular weight excluding hydrogens is 339 g/mol. The summed E-state index contributed by atoms with van der Waals surface area (Å²) in [6, 6.07) is 0. The van der Waals surface area contributed by atoms with Gasteiger partial charge in [-0.05, 0) is 35.4 Å². The van der Waals surface area contributed by atoms with Crippen LogP contribution in [0.15, 0.2) is 0 Å². The SMILES string of the molecule is CC(C)(C)[Si](C)(C)OCCCCCCCCI. The summed E-state index contributed by atoms with van der Waals surface area (Å²) in [5.41, 5.74) is 0. The highest BCUT2D eigenvalue weighted by molar-refractivity contribution is 14.1. The summed E-state index contributed by atoms with van der Waals surface area (Å²) in [4.78, 5) is 0. The van der Waals surface area contributed by atoms with Crippen molar-refractivity contribution < 1.29 is 4.43 Å². The van der Waals surface area contributed by atoms with Gasteiger partial charge in [-0.25, -0.2) is 0 Å². The predicted octanol–water partition coefficient (Wildman–Crippen LogP) is 5.78. The summed E-state index contributed by atoms with van der Waals surface area (Å²) in [5, 5.41) is 0.354. The third kappa shape index (κ3) is 8.60. The van der Waals surface area contributed by atoms with Crippen LogP contribution in [0.3, 0.4) is 0 Å². The van der Waals surface area contributed by atoms with Gasteiger partial charge in [-0.2, -0.15) is 0 Å². The van der Waals surface area contributed by atoms with Crippen LogP contribution in [0.4, 0.5) is 0 Å². The van der Waals surface area contributed by atoms with Crippen LogP contribution in [0.25, 0.3) is 0 Å². The molecule has 1 nitrogen and oxygen atoms in total. The first kappa shape index (κ1) is 17.9. The molecule has 0 saturated heterocycles. The van der Waals surface area contributed by atoms with Crippen molar-refractivity contribution in [1.29, 1.82) is 0 Å². The molecule has 0 saturated carbocycles. The number of hydrogen-bond donors (Lipinski definition) is 0. The Morgan fingerprint density at radius 2 is 1.35 bits per heavy atom. The zero-order valence-electron chi connectivity index (χ0n) is 12.4. The number of hydrogen-bond acceptors (Lipinski definition) is 1. The summed E-state index contributed by atoms with van der Waals surface area (Å²) >= 11 is 2.46. The van der Waals surface area contributed by atoms with Gasteiger partial charge in [0, 0.05) is 6.61 Å². The van der Waals surface area contributed by atoms with Crippen LogP contribution in [0.2, 0.25) is 18.1 Å². The van der Waals surface area contributed by atoms with Crippen LogP contribution in [-0.4, -0.2) is 19.4 Å². The number of alkyl halides is 1. The predicted molar refractivity (Wildman–Crippen MR) is 89.7 cm³/mol. The Labute approximate surface area is 123 Å². The lowest BCUT2D eigenvalue weighted by atomic mass is 10.1. The van der Waals surface area contributed by atoms with E-state index < -0.39 is 8.32 Å². The van der Waals surface area contributed by atoms with Crippen LogP contribution in [-0.2, 0) is 4.43 Å². The summed E-state index contributed by atoms with van der Waals surface area (Å²) < 4.78 is 7.47. The van der Waals surface area contributed by atoms with E-state index in [-0.39, 0.29) is 0 Å². The molecule has 0 heterocycles. The molecular formula is C14H31IOSi. The monoisotopic (exact) mass is 370 g/mol. The fourth-order valence-electron chi connectivity index (χ4n) is 1.45. The molecule has 0 aromatic heterocycles. The average molecular weight is 370 g/mol. The minimum Gasteiger partial charge on any atom is -0.417 e. The topological polar surface area (TPSA) is 9.23 Å². The molecule has 0 bridgehead atoms. The van der Waals surface area contributed by atoms with E-state index in [1.807, 2.05) is 0 Å². The fraction of sp³-hybridized carbons (Fsp3) is 1.00. The standard InChI is InChI=1S/C14H31IOSi/c1-14(2,3)17(4,5)16-13-11-9-7-6-8-10-12-15/h6-13H2,1-5H3. The van der Waals surface area contributed by atoms with Gasteiger partial charge in [0.15, 0.2) is 8.32 Å². The Balaban J connectivity index is 3.46. The molecule has 0 atom stereocenters. The zero-order valence-corrected chi connectivity index (χ0v) is 15.6. The molecule has 0 aliphatic carbocycles. The Hall–Kier alpha value is 0.907. The molecule has 104 valence electrons. The summed E-state index contributed by atoms with van der Waals surface area (Å²) in [6.07, 6.45) is 8.18. The quantitative estimate of drug-likeness (QED) is 0.216. The maximum absolute atomic E-state index is 6.16. The van der Waals surface area contributed by atoms with Crippen LogP contribution >= 0.6 is 22.6 Å². The van der Waals surface area contributed by atoms with Gasteiger partial charge in [0.2, 0.25) is 0 Å². The lowest BCUT2D eigenvalue weighted by Crippen LogP contribution is -2.40. The van der Waals surface area contributed by atoms with E-state index in [1.54, 1.807) is 0 Å². The van der Waals surface area contributed by atoms with Crippen LogP contribution in [0.1, 0.15) is 59.3 Å². The molecule has 0 aromatic rings. The van der Waals surface area contributed by atoms with Gasteiger partial charge in [0.25, 0.3) is 0 Å². The zero-order chi connectivity index (χ0) is 13.4. The van der Waals surface area contributed by atoms with E-state index in [4.69, 9.17) is 4.43 Å². The molecule has 0 unspecified atom stereocenters. The molecule has 3 heteroatoms. The molecule has 0 radical (unpaired) electrons. The van der Waals surface area contributed by atoms with Crippen LogP contribution in [0.5, 0.6) is 0 Å². The van der Waals surface area contributed by atoms with Gasteiger partial charge in [-0.3, -0.25) is 0 Å². The summed E-state index contributed by atoms with van der Waals surface area (Å²) in [6.45, 7) is 12.6. The molecule has 0 aliphatic rings. The Bertz CT molecular complexity index is 187. The maximum atomic E-state index is 6.16. The highest BCUT2D eigenvalue weighted by atomic mass is 127. The third-order valence-corrected chi connectivity index (χ3v) is 9.10. The second-order valence-electron chi connectivity index (χ2n) is 6.42. The minimum atomic E-state index is -1.49. The highest BCUT2D eigenvalue weighted by Gasteiger charge is 2.36. The second-order valence-corrected chi connectivity index (χ2v) is 12.3. The van der Waals surface area contributed by atoms with Crippen molar-refractivity contribution in [1.82, 2.24) is 0 Å². The van der Waals surface area contributed by atoms with E-state index >= 15 is 0 Å². The van der Waals surface area contributed by atoms with E-state index in [9.17, 15) is 0 Å². The Morgan fingerprint density at radius 1 is 0.882 bits per heavy atom. The molecule has 0 fully saturated rings. The minimum absolute atomic E-state index is 0.354. The third-order valence-electron chi connectivity index (χ3n) is 3.80. The average Bonchev–Trinajstić information content (AvgIpc) is 2.20. The number of rotatable bonds is 9. The van der Waals surface area contributed by atoms with Gasteiger partial charge in [0.1, 0.15) is 0 Å². The van der Waals surface area contributed by atoms with E-state index in [1.165, 1.54) is 43.0 Å². The second kappa shape index (κ2) is 8.91. The molecule has 0 N–H and O–H groups in total. The van der Waals surface area contributed by atoms with Gasteiger partial charge in [-0.15, -0.1) is 0 Å². The Morgan fingerprint density at radius 3 is 1.82 bits per heavy atom. The lowest BCUT2D eigenvalue weighted by molar-refractivity contribution is 0.277. The molecule has 0 aliphatic heterocycles.